The van der Waals surface area contributed by atoms with E-state index in [-0.39, 0.29) is 5.38 Å². The van der Waals surface area contributed by atoms with Crippen LogP contribution in [0.25, 0.3) is 0 Å². The van der Waals surface area contributed by atoms with Crippen LogP contribution in [0.5, 0.6) is 0 Å². The number of fused-ring (bicyclic) bond motifs is 1. The first-order valence-corrected chi connectivity index (χ1v) is 7.14. The van der Waals surface area contributed by atoms with E-state index in [2.05, 4.69) is 42.5 Å². The normalized spacial score (nSPS) is 18.7. The molecule has 1 aliphatic heterocycles. The molecule has 1 nitrogen and oxygen atoms in total. The molecule has 3 rings (SSSR count). The van der Waals surface area contributed by atoms with Crippen LogP contribution in [0, 0.1) is 0 Å². The van der Waals surface area contributed by atoms with Crippen molar-refractivity contribution >= 4 is 11.6 Å². The molecule has 0 fully saturated rings. The highest BCUT2D eigenvalue weighted by atomic mass is 35.5. The van der Waals surface area contributed by atoms with Gasteiger partial charge in [0.05, 0.1) is 18.6 Å². The largest absolute Gasteiger partial charge is 0.379 e. The standard InChI is InChI=1S/C17H17ClO/c18-17-12-19-9-8-15-7-6-14(11-16(15)17)10-13-4-2-1-3-5-13/h1-7,11,17H,8-10,12H2. The molecule has 0 aliphatic carbocycles. The minimum atomic E-state index is -0.0202. The summed E-state index contributed by atoms with van der Waals surface area (Å²) in [6.07, 6.45) is 1.92. The number of rotatable bonds is 2. The molecule has 1 unspecified atom stereocenters. The van der Waals surface area contributed by atoms with Gasteiger partial charge in [0.1, 0.15) is 0 Å². The Morgan fingerprint density at radius 3 is 2.74 bits per heavy atom. The second kappa shape index (κ2) is 5.77. The first-order chi connectivity index (χ1) is 9.33. The predicted molar refractivity (Wildman–Crippen MR) is 78.8 cm³/mol. The molecule has 1 aliphatic rings. The maximum Gasteiger partial charge on any atom is 0.0821 e. The van der Waals surface area contributed by atoms with Gasteiger partial charge in [-0.05, 0) is 35.1 Å². The lowest BCUT2D eigenvalue weighted by atomic mass is 9.96. The fourth-order valence-electron chi connectivity index (χ4n) is 2.56. The van der Waals surface area contributed by atoms with Crippen LogP contribution in [-0.4, -0.2) is 13.2 Å². The minimum absolute atomic E-state index is 0.0202. The second-order valence-corrected chi connectivity index (χ2v) is 5.51. The lowest BCUT2D eigenvalue weighted by Crippen LogP contribution is -2.00. The van der Waals surface area contributed by atoms with Crippen LogP contribution >= 0.6 is 11.6 Å². The molecule has 0 amide bonds. The molecule has 1 heterocycles. The number of halogens is 1. The molecule has 0 N–H and O–H groups in total. The number of benzene rings is 2. The van der Waals surface area contributed by atoms with E-state index in [1.54, 1.807) is 0 Å². The van der Waals surface area contributed by atoms with E-state index in [1.165, 1.54) is 22.3 Å². The zero-order chi connectivity index (χ0) is 13.1. The fourth-order valence-corrected chi connectivity index (χ4v) is 2.86. The van der Waals surface area contributed by atoms with E-state index in [1.807, 2.05) is 6.07 Å². The molecule has 0 saturated heterocycles. The van der Waals surface area contributed by atoms with Crippen LogP contribution in [0.1, 0.15) is 27.6 Å². The average molecular weight is 273 g/mol. The second-order valence-electron chi connectivity index (χ2n) is 4.99. The van der Waals surface area contributed by atoms with Crippen molar-refractivity contribution in [1.82, 2.24) is 0 Å². The van der Waals surface area contributed by atoms with Gasteiger partial charge < -0.3 is 4.74 Å². The third-order valence-electron chi connectivity index (χ3n) is 3.58. The fraction of sp³-hybridized carbons (Fsp3) is 0.294. The maximum atomic E-state index is 6.40. The molecule has 0 bridgehead atoms. The summed E-state index contributed by atoms with van der Waals surface area (Å²) in [7, 11) is 0. The summed E-state index contributed by atoms with van der Waals surface area (Å²) in [5.41, 5.74) is 5.22. The molecule has 0 radical (unpaired) electrons. The van der Waals surface area contributed by atoms with E-state index in [0.717, 1.165) is 19.4 Å². The van der Waals surface area contributed by atoms with Gasteiger partial charge in [-0.2, -0.15) is 0 Å². The van der Waals surface area contributed by atoms with E-state index in [4.69, 9.17) is 16.3 Å². The monoisotopic (exact) mass is 272 g/mol. The number of hydrogen-bond donors (Lipinski definition) is 0. The van der Waals surface area contributed by atoms with Gasteiger partial charge in [-0.15, -0.1) is 11.6 Å². The topological polar surface area (TPSA) is 9.23 Å². The summed E-state index contributed by atoms with van der Waals surface area (Å²) in [4.78, 5) is 0. The van der Waals surface area contributed by atoms with Crippen LogP contribution in [0.2, 0.25) is 0 Å². The van der Waals surface area contributed by atoms with Crippen LogP contribution in [-0.2, 0) is 17.6 Å². The van der Waals surface area contributed by atoms with Crippen molar-refractivity contribution in [2.24, 2.45) is 0 Å². The number of ether oxygens (including phenoxy) is 1. The van der Waals surface area contributed by atoms with Crippen LogP contribution in [0.3, 0.4) is 0 Å². The first-order valence-electron chi connectivity index (χ1n) is 6.70. The molecule has 0 saturated carbocycles. The number of hydrogen-bond acceptors (Lipinski definition) is 1. The molecule has 98 valence electrons. The van der Waals surface area contributed by atoms with Crippen molar-refractivity contribution in [3.63, 3.8) is 0 Å². The Balaban J connectivity index is 1.88. The SMILES string of the molecule is ClC1COCCc2ccc(Cc3ccccc3)cc21. The van der Waals surface area contributed by atoms with E-state index in [0.29, 0.717) is 6.61 Å². The molecule has 1 atom stereocenters. The zero-order valence-electron chi connectivity index (χ0n) is 10.8. The van der Waals surface area contributed by atoms with Crippen LogP contribution in [0.15, 0.2) is 48.5 Å². The summed E-state index contributed by atoms with van der Waals surface area (Å²) >= 11 is 6.40. The Labute approximate surface area is 119 Å². The smallest absolute Gasteiger partial charge is 0.0821 e. The summed E-state index contributed by atoms with van der Waals surface area (Å²) in [5, 5.41) is -0.0202. The highest BCUT2D eigenvalue weighted by molar-refractivity contribution is 6.21. The third kappa shape index (κ3) is 2.99. The Morgan fingerprint density at radius 1 is 1.05 bits per heavy atom. The molecule has 19 heavy (non-hydrogen) atoms. The van der Waals surface area contributed by atoms with Crippen LogP contribution in [0.4, 0.5) is 0 Å². The van der Waals surface area contributed by atoms with Crippen molar-refractivity contribution in [3.8, 4) is 0 Å². The Bertz CT molecular complexity index is 550. The van der Waals surface area contributed by atoms with E-state index >= 15 is 0 Å². The highest BCUT2D eigenvalue weighted by Crippen LogP contribution is 2.29. The number of alkyl halides is 1. The Hall–Kier alpha value is -1.31. The molecule has 0 aromatic heterocycles. The van der Waals surface area contributed by atoms with Gasteiger partial charge in [0.25, 0.3) is 0 Å². The van der Waals surface area contributed by atoms with Gasteiger partial charge in [0.2, 0.25) is 0 Å². The molecule has 2 heteroatoms. The van der Waals surface area contributed by atoms with Gasteiger partial charge in [-0.25, -0.2) is 0 Å². The minimum Gasteiger partial charge on any atom is -0.379 e. The Morgan fingerprint density at radius 2 is 1.89 bits per heavy atom. The van der Waals surface area contributed by atoms with Crippen LogP contribution < -0.4 is 0 Å². The van der Waals surface area contributed by atoms with Crippen molar-refractivity contribution in [1.29, 1.82) is 0 Å². The van der Waals surface area contributed by atoms with Gasteiger partial charge in [0, 0.05) is 0 Å². The summed E-state index contributed by atoms with van der Waals surface area (Å²) in [5.74, 6) is 0. The quantitative estimate of drug-likeness (QED) is 0.747. The van der Waals surface area contributed by atoms with E-state index < -0.39 is 0 Å². The van der Waals surface area contributed by atoms with Crippen molar-refractivity contribution in [3.05, 3.63) is 70.8 Å². The predicted octanol–water partition coefficient (Wildman–Crippen LogP) is 4.13. The van der Waals surface area contributed by atoms with Crippen molar-refractivity contribution in [2.75, 3.05) is 13.2 Å². The lowest BCUT2D eigenvalue weighted by molar-refractivity contribution is 0.143. The molecule has 0 spiro atoms. The summed E-state index contributed by atoms with van der Waals surface area (Å²) < 4.78 is 5.52. The van der Waals surface area contributed by atoms with E-state index in [9.17, 15) is 0 Å². The molecule has 2 aromatic rings. The maximum absolute atomic E-state index is 6.40. The van der Waals surface area contributed by atoms with Gasteiger partial charge in [-0.3, -0.25) is 0 Å². The van der Waals surface area contributed by atoms with Gasteiger partial charge in [-0.1, -0.05) is 48.5 Å². The first kappa shape index (κ1) is 12.7. The van der Waals surface area contributed by atoms with Gasteiger partial charge >= 0.3 is 0 Å². The lowest BCUT2D eigenvalue weighted by Gasteiger charge is -2.12. The van der Waals surface area contributed by atoms with Crippen molar-refractivity contribution < 1.29 is 4.74 Å². The van der Waals surface area contributed by atoms with Crippen molar-refractivity contribution in [2.45, 2.75) is 18.2 Å². The summed E-state index contributed by atoms with van der Waals surface area (Å²) in [6.45, 7) is 1.39. The van der Waals surface area contributed by atoms with Gasteiger partial charge in [0.15, 0.2) is 0 Å². The molecule has 2 aromatic carbocycles. The molecular weight excluding hydrogens is 256 g/mol. The highest BCUT2D eigenvalue weighted by Gasteiger charge is 2.17. The third-order valence-corrected chi connectivity index (χ3v) is 3.94. The zero-order valence-corrected chi connectivity index (χ0v) is 11.6. The molecular formula is C17H17ClO. The Kier molecular flexibility index (Phi) is 3.86. The summed E-state index contributed by atoms with van der Waals surface area (Å²) in [6, 6.07) is 17.2. The average Bonchev–Trinajstić information content (AvgIpc) is 2.62.